The Hall–Kier alpha value is -2.28. The topological polar surface area (TPSA) is 231 Å². The van der Waals surface area contributed by atoms with Crippen LogP contribution in [0.1, 0.15) is 245 Å². The Morgan fingerprint density at radius 3 is 1.28 bits per heavy atom. The number of hydrogen-bond acceptors (Lipinski definition) is 15. The zero-order valence-corrected chi connectivity index (χ0v) is 47.5. The van der Waals surface area contributed by atoms with Gasteiger partial charge in [0.15, 0.2) is 18.7 Å². The summed E-state index contributed by atoms with van der Waals surface area (Å²) >= 11 is 0. The van der Waals surface area contributed by atoms with Gasteiger partial charge in [0.1, 0.15) is 55.4 Å². The number of hydrogen-bond donors (Lipinski definition) is 7. The van der Waals surface area contributed by atoms with Gasteiger partial charge in [-0.15, -0.1) is 0 Å². The highest BCUT2D eigenvalue weighted by atomic mass is 16.7. The van der Waals surface area contributed by atoms with Crippen LogP contribution in [0.3, 0.4) is 0 Å². The van der Waals surface area contributed by atoms with E-state index in [2.05, 4.69) is 44.2 Å². The SMILES string of the molecule is CCCCCCCC/C=C/C/C=C/C/C=C/CCCC(=O)O[C@@H](COC(=O)CCCCCCCCCCCCCCCCCCCCCCCCC)CO[C@@H]1O[C@H](CO[C@@H]2O[C@H](CO)[C@H](O)C(O)C2O)[C@H](O)C(O)C1O. The number of carbonyl (C=O) groups is 2. The van der Waals surface area contributed by atoms with Gasteiger partial charge in [-0.25, -0.2) is 0 Å². The van der Waals surface area contributed by atoms with E-state index >= 15 is 0 Å². The molecular formula is C61H110O15. The Balaban J connectivity index is 1.73. The average Bonchev–Trinajstić information content (AvgIpc) is 3.41. The molecule has 0 bridgehead atoms. The first-order valence-electron chi connectivity index (χ1n) is 30.6. The number of aliphatic hydroxyl groups is 7. The smallest absolute Gasteiger partial charge is 0.306 e. The van der Waals surface area contributed by atoms with Gasteiger partial charge in [-0.3, -0.25) is 9.59 Å². The predicted octanol–water partition coefficient (Wildman–Crippen LogP) is 10.8. The van der Waals surface area contributed by atoms with Crippen LogP contribution in [-0.4, -0.2) is 142 Å². The maximum absolute atomic E-state index is 13.0. The van der Waals surface area contributed by atoms with E-state index in [9.17, 15) is 45.3 Å². The molecule has 0 aromatic rings. The first-order chi connectivity index (χ1) is 37.0. The average molecular weight is 1080 g/mol. The first-order valence-corrected chi connectivity index (χ1v) is 30.6. The molecule has 0 spiro atoms. The lowest BCUT2D eigenvalue weighted by Gasteiger charge is -2.42. The molecule has 0 saturated carbocycles. The zero-order chi connectivity index (χ0) is 55.3. The summed E-state index contributed by atoms with van der Waals surface area (Å²) in [6, 6.07) is 0. The predicted molar refractivity (Wildman–Crippen MR) is 298 cm³/mol. The molecule has 0 aromatic carbocycles. The molecule has 4 unspecified atom stereocenters. The van der Waals surface area contributed by atoms with Crippen LogP contribution in [0.4, 0.5) is 0 Å². The van der Waals surface area contributed by atoms with Crippen LogP contribution in [0.25, 0.3) is 0 Å². The molecule has 0 aliphatic carbocycles. The van der Waals surface area contributed by atoms with Crippen molar-refractivity contribution < 1.29 is 73.8 Å². The summed E-state index contributed by atoms with van der Waals surface area (Å²) < 4.78 is 33.7. The van der Waals surface area contributed by atoms with Crippen molar-refractivity contribution in [3.63, 3.8) is 0 Å². The molecule has 11 atom stereocenters. The fourth-order valence-corrected chi connectivity index (χ4v) is 9.65. The molecule has 15 heteroatoms. The summed E-state index contributed by atoms with van der Waals surface area (Å²) in [6.07, 6.45) is 37.5. The molecule has 7 N–H and O–H groups in total. The minimum absolute atomic E-state index is 0.0956. The van der Waals surface area contributed by atoms with Gasteiger partial charge in [0.05, 0.1) is 19.8 Å². The van der Waals surface area contributed by atoms with Crippen molar-refractivity contribution in [3.8, 4) is 0 Å². The minimum atomic E-state index is -1.77. The zero-order valence-electron chi connectivity index (χ0n) is 47.5. The molecule has 76 heavy (non-hydrogen) atoms. The highest BCUT2D eigenvalue weighted by Gasteiger charge is 2.47. The lowest BCUT2D eigenvalue weighted by Crippen LogP contribution is -2.61. The molecule has 2 saturated heterocycles. The van der Waals surface area contributed by atoms with Gasteiger partial charge in [-0.1, -0.05) is 224 Å². The van der Waals surface area contributed by atoms with E-state index in [0.29, 0.717) is 19.3 Å². The van der Waals surface area contributed by atoms with Crippen molar-refractivity contribution in [2.24, 2.45) is 0 Å². The van der Waals surface area contributed by atoms with Crippen LogP contribution >= 0.6 is 0 Å². The van der Waals surface area contributed by atoms with E-state index in [-0.39, 0.29) is 19.4 Å². The fourth-order valence-electron chi connectivity index (χ4n) is 9.65. The third-order valence-corrected chi connectivity index (χ3v) is 14.6. The van der Waals surface area contributed by atoms with Crippen LogP contribution in [0.15, 0.2) is 36.5 Å². The minimum Gasteiger partial charge on any atom is -0.462 e. The number of rotatable bonds is 49. The molecule has 0 aromatic heterocycles. The largest absolute Gasteiger partial charge is 0.462 e. The molecule has 2 rings (SSSR count). The summed E-state index contributed by atoms with van der Waals surface area (Å²) in [5, 5.41) is 72.3. The summed E-state index contributed by atoms with van der Waals surface area (Å²) in [6.45, 7) is 2.58. The standard InChI is InChI=1S/C61H110O15/c1-3-5-7-9-11-13-15-17-19-21-22-23-24-25-26-28-29-31-33-35-37-39-41-43-52(63)71-46-49(74-53(64)44-42-40-38-36-34-32-30-27-20-18-16-14-12-10-8-6-4-2)47-72-60-59(70)57(68)55(66)51(76-60)48-73-61-58(69)56(67)54(65)50(45-62)75-61/h18,20,30,32,36,38,49-51,54-62,65-70H,3-17,19,21-29,31,33-35,37,39-48H2,1-2H3/b20-18+,32-30+,38-36+/t49-,50+,51+,54-,55-,56?,57?,58?,59?,60+,61+/m0/s1. The lowest BCUT2D eigenvalue weighted by molar-refractivity contribution is -0.332. The van der Waals surface area contributed by atoms with E-state index in [1.807, 2.05) is 6.08 Å². The molecular weight excluding hydrogens is 973 g/mol. The Bertz CT molecular complexity index is 1460. The van der Waals surface area contributed by atoms with Crippen LogP contribution in [-0.2, 0) is 38.0 Å². The van der Waals surface area contributed by atoms with Gasteiger partial charge < -0.3 is 64.2 Å². The first kappa shape index (κ1) is 69.8. The maximum Gasteiger partial charge on any atom is 0.306 e. The third-order valence-electron chi connectivity index (χ3n) is 14.6. The van der Waals surface area contributed by atoms with Gasteiger partial charge in [-0.05, 0) is 44.9 Å². The normalized spacial score (nSPS) is 24.5. The second-order valence-electron chi connectivity index (χ2n) is 21.5. The van der Waals surface area contributed by atoms with E-state index in [0.717, 1.165) is 38.5 Å². The quantitative estimate of drug-likeness (QED) is 0.0171. The monoisotopic (exact) mass is 1080 g/mol. The van der Waals surface area contributed by atoms with Crippen LogP contribution in [0, 0.1) is 0 Å². The van der Waals surface area contributed by atoms with E-state index in [1.165, 1.54) is 161 Å². The van der Waals surface area contributed by atoms with Crippen LogP contribution in [0.2, 0.25) is 0 Å². The molecule has 2 fully saturated rings. The number of carbonyl (C=O) groups excluding carboxylic acids is 2. The van der Waals surface area contributed by atoms with Crippen molar-refractivity contribution in [1.29, 1.82) is 0 Å². The summed E-state index contributed by atoms with van der Waals surface area (Å²) in [5.41, 5.74) is 0. The van der Waals surface area contributed by atoms with E-state index < -0.39 is 99.3 Å². The molecule has 2 aliphatic heterocycles. The van der Waals surface area contributed by atoms with Crippen molar-refractivity contribution in [2.75, 3.05) is 26.4 Å². The Morgan fingerprint density at radius 1 is 0.421 bits per heavy atom. The van der Waals surface area contributed by atoms with Gasteiger partial charge in [0.2, 0.25) is 0 Å². The number of allylic oxidation sites excluding steroid dienone is 6. The Labute approximate surface area is 459 Å². The molecule has 15 nitrogen and oxygen atoms in total. The van der Waals surface area contributed by atoms with Gasteiger partial charge >= 0.3 is 11.9 Å². The number of aliphatic hydroxyl groups excluding tert-OH is 7. The lowest BCUT2D eigenvalue weighted by atomic mass is 9.98. The number of ether oxygens (including phenoxy) is 6. The number of esters is 2. The summed E-state index contributed by atoms with van der Waals surface area (Å²) in [4.78, 5) is 25.9. The Kier molecular flexibility index (Phi) is 43.7. The van der Waals surface area contributed by atoms with E-state index in [4.69, 9.17) is 28.4 Å². The molecule has 0 amide bonds. The van der Waals surface area contributed by atoms with Gasteiger partial charge in [-0.2, -0.15) is 0 Å². The second kappa shape index (κ2) is 47.5. The van der Waals surface area contributed by atoms with Crippen LogP contribution < -0.4 is 0 Å². The molecule has 444 valence electrons. The van der Waals surface area contributed by atoms with Crippen molar-refractivity contribution >= 4 is 11.9 Å². The highest BCUT2D eigenvalue weighted by molar-refractivity contribution is 5.70. The maximum atomic E-state index is 13.0. The summed E-state index contributed by atoms with van der Waals surface area (Å²) in [5.74, 6) is -0.974. The van der Waals surface area contributed by atoms with Crippen molar-refractivity contribution in [2.45, 2.75) is 313 Å². The summed E-state index contributed by atoms with van der Waals surface area (Å²) in [7, 11) is 0. The highest BCUT2D eigenvalue weighted by Crippen LogP contribution is 2.27. The van der Waals surface area contributed by atoms with E-state index in [1.54, 1.807) is 0 Å². The molecule has 2 heterocycles. The van der Waals surface area contributed by atoms with Gasteiger partial charge in [0, 0.05) is 12.8 Å². The van der Waals surface area contributed by atoms with Gasteiger partial charge in [0.25, 0.3) is 0 Å². The second-order valence-corrected chi connectivity index (χ2v) is 21.5. The third kappa shape index (κ3) is 34.0. The molecule has 0 radical (unpaired) electrons. The molecule has 2 aliphatic rings. The number of unbranched alkanes of at least 4 members (excludes halogenated alkanes) is 29. The Morgan fingerprint density at radius 2 is 0.803 bits per heavy atom. The van der Waals surface area contributed by atoms with Crippen LogP contribution in [0.5, 0.6) is 0 Å². The van der Waals surface area contributed by atoms with Crippen molar-refractivity contribution in [1.82, 2.24) is 0 Å². The van der Waals surface area contributed by atoms with Crippen molar-refractivity contribution in [3.05, 3.63) is 36.5 Å². The fraction of sp³-hybridized carbons (Fsp3) is 0.869.